The maximum Gasteiger partial charge on any atom is 0.186 e. The van der Waals surface area contributed by atoms with E-state index in [1.807, 2.05) is 0 Å². The molecule has 0 N–H and O–H groups in total. The van der Waals surface area contributed by atoms with Crippen molar-refractivity contribution >= 4 is 16.6 Å². The van der Waals surface area contributed by atoms with Crippen LogP contribution in [0.25, 0.3) is 0 Å². The molecule has 21 heavy (non-hydrogen) atoms. The van der Waals surface area contributed by atoms with E-state index >= 15 is 0 Å². The first-order valence-corrected chi connectivity index (χ1v) is 15.0. The second kappa shape index (κ2) is 9.48. The summed E-state index contributed by atoms with van der Waals surface area (Å²) in [6, 6.07) is 2.55. The number of unbranched alkanes of at least 4 members (excludes halogenated alkanes) is 2. The molecule has 0 aromatic heterocycles. The van der Waals surface area contributed by atoms with E-state index in [2.05, 4.69) is 53.9 Å². The molecule has 0 saturated heterocycles. The van der Waals surface area contributed by atoms with Crippen LogP contribution in [0.5, 0.6) is 0 Å². The van der Waals surface area contributed by atoms with E-state index in [4.69, 9.17) is 8.85 Å². The van der Waals surface area contributed by atoms with Crippen LogP contribution >= 0.6 is 0 Å². The molecule has 0 aliphatic rings. The summed E-state index contributed by atoms with van der Waals surface area (Å²) in [7, 11) is -2.95. The molecule has 0 aliphatic carbocycles. The predicted molar refractivity (Wildman–Crippen MR) is 100 cm³/mol. The van der Waals surface area contributed by atoms with Gasteiger partial charge in [-0.3, -0.25) is 0 Å². The van der Waals surface area contributed by atoms with Gasteiger partial charge in [-0.15, -0.1) is 0 Å². The maximum absolute atomic E-state index is 6.32. The smallest absolute Gasteiger partial charge is 0.186 e. The van der Waals surface area contributed by atoms with Gasteiger partial charge in [0.25, 0.3) is 0 Å². The molecule has 0 atom stereocenters. The van der Waals surface area contributed by atoms with Crippen molar-refractivity contribution in [1.29, 1.82) is 0 Å². The second-order valence-corrected chi connectivity index (χ2v) is 17.1. The zero-order valence-electron chi connectivity index (χ0n) is 16.0. The average molecular weight is 333 g/mol. The summed E-state index contributed by atoms with van der Waals surface area (Å²) in [5, 5.41) is 0. The van der Waals surface area contributed by atoms with Gasteiger partial charge in [-0.2, -0.15) is 0 Å². The van der Waals surface area contributed by atoms with Crippen molar-refractivity contribution in [2.75, 3.05) is 13.2 Å². The molecule has 0 aromatic rings. The van der Waals surface area contributed by atoms with Crippen molar-refractivity contribution in [3.05, 3.63) is 0 Å². The summed E-state index contributed by atoms with van der Waals surface area (Å²) in [6.45, 7) is 20.1. The molecular formula is C17H40O2Si2. The summed E-state index contributed by atoms with van der Waals surface area (Å²) in [6.07, 6.45) is 5.13. The molecule has 0 heterocycles. The van der Waals surface area contributed by atoms with Gasteiger partial charge in [-0.05, 0) is 38.3 Å². The molecule has 0 rings (SSSR count). The van der Waals surface area contributed by atoms with Crippen molar-refractivity contribution < 1.29 is 8.85 Å². The molecule has 0 radical (unpaired) electrons. The number of rotatable bonds is 12. The Kier molecular flexibility index (Phi) is 9.64. The van der Waals surface area contributed by atoms with E-state index in [1.54, 1.807) is 0 Å². The van der Waals surface area contributed by atoms with Crippen molar-refractivity contribution in [3.63, 3.8) is 0 Å². The summed E-state index contributed by atoms with van der Waals surface area (Å²) in [5.74, 6) is 0. The Hall–Kier alpha value is 0.354. The first-order chi connectivity index (χ1) is 9.54. The Bertz CT molecular complexity index is 250. The van der Waals surface area contributed by atoms with E-state index in [0.717, 1.165) is 13.2 Å². The lowest BCUT2D eigenvalue weighted by atomic mass is 9.97. The predicted octanol–water partition coefficient (Wildman–Crippen LogP) is 6.06. The molecule has 0 saturated carbocycles. The van der Waals surface area contributed by atoms with Gasteiger partial charge in [0.15, 0.2) is 16.6 Å². The van der Waals surface area contributed by atoms with E-state index < -0.39 is 16.6 Å². The second-order valence-electron chi connectivity index (χ2n) is 8.47. The third-order valence-corrected chi connectivity index (χ3v) is 8.94. The zero-order valence-corrected chi connectivity index (χ0v) is 18.0. The van der Waals surface area contributed by atoms with Crippen LogP contribution in [-0.2, 0) is 8.85 Å². The van der Waals surface area contributed by atoms with Crippen molar-refractivity contribution in [2.45, 2.75) is 91.7 Å². The third kappa shape index (κ3) is 11.6. The Morgan fingerprint density at radius 3 is 1.33 bits per heavy atom. The molecular weight excluding hydrogens is 292 g/mol. The largest absolute Gasteiger partial charge is 0.417 e. The van der Waals surface area contributed by atoms with Gasteiger partial charge in [-0.1, -0.05) is 53.4 Å². The SMILES string of the molecule is CCCC[Si](C)(C)OCC(C)(C)CO[Si](C)(C)CCCC. The Morgan fingerprint density at radius 2 is 1.05 bits per heavy atom. The van der Waals surface area contributed by atoms with Crippen molar-refractivity contribution in [1.82, 2.24) is 0 Å². The molecule has 0 bridgehead atoms. The lowest BCUT2D eigenvalue weighted by molar-refractivity contribution is 0.101. The minimum Gasteiger partial charge on any atom is -0.417 e. The van der Waals surface area contributed by atoms with E-state index in [1.165, 1.54) is 37.8 Å². The van der Waals surface area contributed by atoms with Crippen LogP contribution < -0.4 is 0 Å². The zero-order chi connectivity index (χ0) is 16.6. The summed E-state index contributed by atoms with van der Waals surface area (Å²) in [5.41, 5.74) is 0.132. The fraction of sp³-hybridized carbons (Fsp3) is 1.00. The van der Waals surface area contributed by atoms with E-state index in [-0.39, 0.29) is 5.41 Å². The molecule has 4 heteroatoms. The van der Waals surface area contributed by atoms with Crippen LogP contribution in [0.4, 0.5) is 0 Å². The van der Waals surface area contributed by atoms with Gasteiger partial charge in [0.1, 0.15) is 0 Å². The highest BCUT2D eigenvalue weighted by atomic mass is 28.4. The van der Waals surface area contributed by atoms with Crippen molar-refractivity contribution in [2.24, 2.45) is 5.41 Å². The van der Waals surface area contributed by atoms with Gasteiger partial charge in [0.2, 0.25) is 0 Å². The quantitative estimate of drug-likeness (QED) is 0.405. The minimum atomic E-state index is -1.47. The topological polar surface area (TPSA) is 18.5 Å². The lowest BCUT2D eigenvalue weighted by Crippen LogP contribution is -2.40. The molecule has 128 valence electrons. The van der Waals surface area contributed by atoms with Crippen LogP contribution in [0.15, 0.2) is 0 Å². The van der Waals surface area contributed by atoms with Crippen LogP contribution in [0.3, 0.4) is 0 Å². The molecule has 0 spiro atoms. The highest BCUT2D eigenvalue weighted by Gasteiger charge is 2.29. The van der Waals surface area contributed by atoms with Crippen molar-refractivity contribution in [3.8, 4) is 0 Å². The molecule has 0 amide bonds. The average Bonchev–Trinajstić information content (AvgIpc) is 2.39. The molecule has 0 aliphatic heterocycles. The standard InChI is InChI=1S/C17H40O2Si2/c1-9-11-13-20(5,6)18-15-17(3,4)16-19-21(7,8)14-12-10-2/h9-16H2,1-8H3. The van der Waals surface area contributed by atoms with Crippen LogP contribution in [-0.4, -0.2) is 29.8 Å². The van der Waals surface area contributed by atoms with Crippen LogP contribution in [0.2, 0.25) is 38.3 Å². The highest BCUT2D eigenvalue weighted by molar-refractivity contribution is 6.71. The number of hydrogen-bond donors (Lipinski definition) is 0. The molecule has 0 aromatic carbocycles. The summed E-state index contributed by atoms with van der Waals surface area (Å²) < 4.78 is 12.6. The Labute approximate surface area is 136 Å². The van der Waals surface area contributed by atoms with Crippen LogP contribution in [0, 0.1) is 5.41 Å². The molecule has 0 fully saturated rings. The van der Waals surface area contributed by atoms with Gasteiger partial charge >= 0.3 is 0 Å². The third-order valence-electron chi connectivity index (χ3n) is 3.97. The summed E-state index contributed by atoms with van der Waals surface area (Å²) >= 11 is 0. The molecule has 0 unspecified atom stereocenters. The van der Waals surface area contributed by atoms with Gasteiger partial charge < -0.3 is 8.85 Å². The lowest BCUT2D eigenvalue weighted by Gasteiger charge is -2.33. The first-order valence-electron chi connectivity index (χ1n) is 8.81. The normalized spacial score (nSPS) is 13.7. The maximum atomic E-state index is 6.32. The fourth-order valence-corrected chi connectivity index (χ4v) is 6.43. The van der Waals surface area contributed by atoms with E-state index in [9.17, 15) is 0 Å². The molecule has 2 nitrogen and oxygen atoms in total. The Morgan fingerprint density at radius 1 is 0.714 bits per heavy atom. The number of hydrogen-bond acceptors (Lipinski definition) is 2. The first kappa shape index (κ1) is 21.4. The minimum absolute atomic E-state index is 0.132. The van der Waals surface area contributed by atoms with Gasteiger partial charge in [-0.25, -0.2) is 0 Å². The fourth-order valence-electron chi connectivity index (χ4n) is 2.17. The Balaban J connectivity index is 4.18. The highest BCUT2D eigenvalue weighted by Crippen LogP contribution is 2.25. The van der Waals surface area contributed by atoms with E-state index in [0.29, 0.717) is 0 Å². The summed E-state index contributed by atoms with van der Waals surface area (Å²) in [4.78, 5) is 0. The van der Waals surface area contributed by atoms with Gasteiger partial charge in [0, 0.05) is 18.6 Å². The van der Waals surface area contributed by atoms with Gasteiger partial charge in [0.05, 0.1) is 0 Å². The van der Waals surface area contributed by atoms with Crippen LogP contribution in [0.1, 0.15) is 53.4 Å². The monoisotopic (exact) mass is 332 g/mol.